The maximum Gasteiger partial charge on any atom is 0.243 e. The molecule has 0 bridgehead atoms. The number of sulfonamides is 2. The van der Waals surface area contributed by atoms with E-state index in [0.717, 1.165) is 12.8 Å². The maximum absolute atomic E-state index is 12.6. The number of hydrogen-bond acceptors (Lipinski definition) is 6. The Hall–Kier alpha value is -1.04. The van der Waals surface area contributed by atoms with E-state index >= 15 is 0 Å². The number of methoxy groups -OCH3 is 1. The van der Waals surface area contributed by atoms with Crippen LogP contribution < -0.4 is 10.0 Å². The van der Waals surface area contributed by atoms with E-state index in [1.807, 2.05) is 0 Å². The second-order valence-corrected chi connectivity index (χ2v) is 9.43. The summed E-state index contributed by atoms with van der Waals surface area (Å²) in [7, 11) is -5.81. The monoisotopic (exact) mass is 391 g/mol. The van der Waals surface area contributed by atoms with Crippen LogP contribution in [0.3, 0.4) is 0 Å². The highest BCUT2D eigenvalue weighted by atomic mass is 32.2. The fraction of sp³-hybridized carbons (Fsp3) is 0.600. The molecule has 1 heterocycles. The van der Waals surface area contributed by atoms with Crippen LogP contribution in [0.15, 0.2) is 34.1 Å². The van der Waals surface area contributed by atoms with Gasteiger partial charge in [0.05, 0.1) is 16.4 Å². The molecule has 0 unspecified atom stereocenters. The Labute approximate surface area is 149 Å². The molecular weight excluding hydrogens is 366 g/mol. The molecule has 25 heavy (non-hydrogen) atoms. The lowest BCUT2D eigenvalue weighted by molar-refractivity contribution is 0.199. The zero-order valence-corrected chi connectivity index (χ0v) is 15.9. The standard InChI is InChI=1S/C15H25N3O5S2/c1-23-12-9-16-7-8-17-24(19,20)14-5-4-6-15(13-14)25(21,22)18-10-2-3-11-18/h4-6,13,16-17H,2-3,7-12H2,1H3. The molecule has 10 heteroatoms. The number of nitrogens with zero attached hydrogens (tertiary/aromatic N) is 1. The lowest BCUT2D eigenvalue weighted by Gasteiger charge is -2.16. The normalized spacial score (nSPS) is 16.4. The van der Waals surface area contributed by atoms with Gasteiger partial charge in [0.15, 0.2) is 0 Å². The number of nitrogens with one attached hydrogen (secondary N) is 2. The van der Waals surface area contributed by atoms with Crippen LogP contribution in [-0.2, 0) is 24.8 Å². The number of ether oxygens (including phenoxy) is 1. The van der Waals surface area contributed by atoms with Crippen LogP contribution in [0.1, 0.15) is 12.8 Å². The van der Waals surface area contributed by atoms with E-state index in [1.54, 1.807) is 7.11 Å². The van der Waals surface area contributed by atoms with Crippen molar-refractivity contribution in [1.82, 2.24) is 14.3 Å². The minimum atomic E-state index is -3.76. The molecule has 8 nitrogen and oxygen atoms in total. The van der Waals surface area contributed by atoms with Gasteiger partial charge in [-0.05, 0) is 31.0 Å². The summed E-state index contributed by atoms with van der Waals surface area (Å²) in [6.07, 6.45) is 1.66. The Morgan fingerprint density at radius 2 is 1.72 bits per heavy atom. The molecule has 0 spiro atoms. The SMILES string of the molecule is COCCNCCNS(=O)(=O)c1cccc(S(=O)(=O)N2CCCC2)c1. The Bertz CT molecular complexity index is 759. The van der Waals surface area contributed by atoms with Crippen molar-refractivity contribution in [3.8, 4) is 0 Å². The molecule has 2 rings (SSSR count). The Morgan fingerprint density at radius 1 is 1.04 bits per heavy atom. The van der Waals surface area contributed by atoms with Crippen LogP contribution in [0.5, 0.6) is 0 Å². The Kier molecular flexibility index (Phi) is 7.35. The lowest BCUT2D eigenvalue weighted by Crippen LogP contribution is -2.33. The first-order valence-corrected chi connectivity index (χ1v) is 11.1. The van der Waals surface area contributed by atoms with E-state index < -0.39 is 20.0 Å². The third kappa shape index (κ3) is 5.47. The molecule has 0 saturated carbocycles. The highest BCUT2D eigenvalue weighted by Gasteiger charge is 2.28. The summed E-state index contributed by atoms with van der Waals surface area (Å²) in [4.78, 5) is -0.0415. The van der Waals surface area contributed by atoms with Gasteiger partial charge in [-0.25, -0.2) is 21.6 Å². The van der Waals surface area contributed by atoms with E-state index in [1.165, 1.54) is 28.6 Å². The zero-order valence-electron chi connectivity index (χ0n) is 14.3. The van der Waals surface area contributed by atoms with Gasteiger partial charge in [0.1, 0.15) is 0 Å². The van der Waals surface area contributed by atoms with Gasteiger partial charge in [0.2, 0.25) is 20.0 Å². The molecule has 1 aliphatic heterocycles. The van der Waals surface area contributed by atoms with E-state index in [0.29, 0.717) is 32.8 Å². The summed E-state index contributed by atoms with van der Waals surface area (Å²) < 4.78 is 58.6. The summed E-state index contributed by atoms with van der Waals surface area (Å²) in [5.41, 5.74) is 0. The lowest BCUT2D eigenvalue weighted by atomic mass is 10.4. The van der Waals surface area contributed by atoms with Crippen LogP contribution in [-0.4, -0.2) is 67.6 Å². The molecule has 0 atom stereocenters. The van der Waals surface area contributed by atoms with Gasteiger partial charge in [-0.3, -0.25) is 0 Å². The molecule has 0 radical (unpaired) electrons. The van der Waals surface area contributed by atoms with Gasteiger partial charge in [-0.1, -0.05) is 6.07 Å². The van der Waals surface area contributed by atoms with Crippen LogP contribution >= 0.6 is 0 Å². The van der Waals surface area contributed by atoms with E-state index in [2.05, 4.69) is 10.0 Å². The van der Waals surface area contributed by atoms with Gasteiger partial charge in [0.25, 0.3) is 0 Å². The van der Waals surface area contributed by atoms with Gasteiger partial charge < -0.3 is 10.1 Å². The average Bonchev–Trinajstić information content (AvgIpc) is 3.13. The van der Waals surface area contributed by atoms with Gasteiger partial charge in [-0.2, -0.15) is 4.31 Å². The smallest absolute Gasteiger partial charge is 0.243 e. The summed E-state index contributed by atoms with van der Waals surface area (Å²) >= 11 is 0. The van der Waals surface area contributed by atoms with Gasteiger partial charge in [0, 0.05) is 39.8 Å². The van der Waals surface area contributed by atoms with Crippen LogP contribution in [0.2, 0.25) is 0 Å². The van der Waals surface area contributed by atoms with Crippen molar-refractivity contribution in [3.63, 3.8) is 0 Å². The van der Waals surface area contributed by atoms with Crippen LogP contribution in [0, 0.1) is 0 Å². The van der Waals surface area contributed by atoms with Crippen molar-refractivity contribution in [2.75, 3.05) is 46.4 Å². The molecular formula is C15H25N3O5S2. The second-order valence-electron chi connectivity index (χ2n) is 5.73. The quantitative estimate of drug-likeness (QED) is 0.544. The minimum absolute atomic E-state index is 0.00972. The molecule has 2 N–H and O–H groups in total. The van der Waals surface area contributed by atoms with Crippen molar-refractivity contribution in [3.05, 3.63) is 24.3 Å². The molecule has 1 aromatic rings. The Morgan fingerprint density at radius 3 is 2.40 bits per heavy atom. The van der Waals surface area contributed by atoms with Crippen molar-refractivity contribution in [2.45, 2.75) is 22.6 Å². The summed E-state index contributed by atoms with van der Waals surface area (Å²) in [5.74, 6) is 0. The van der Waals surface area contributed by atoms with Crippen molar-refractivity contribution < 1.29 is 21.6 Å². The molecule has 142 valence electrons. The van der Waals surface area contributed by atoms with Crippen molar-refractivity contribution in [1.29, 1.82) is 0 Å². The highest BCUT2D eigenvalue weighted by molar-refractivity contribution is 7.90. The number of rotatable bonds is 10. The molecule has 0 aromatic heterocycles. The largest absolute Gasteiger partial charge is 0.383 e. The first-order valence-electron chi connectivity index (χ1n) is 8.17. The highest BCUT2D eigenvalue weighted by Crippen LogP contribution is 2.22. The van der Waals surface area contributed by atoms with Crippen LogP contribution in [0.25, 0.3) is 0 Å². The minimum Gasteiger partial charge on any atom is -0.383 e. The molecule has 1 saturated heterocycles. The predicted molar refractivity (Wildman–Crippen MR) is 94.4 cm³/mol. The summed E-state index contributed by atoms with van der Waals surface area (Å²) in [6, 6.07) is 5.49. The summed E-state index contributed by atoms with van der Waals surface area (Å²) in [5, 5.41) is 3.03. The molecule has 0 amide bonds. The third-order valence-corrected chi connectivity index (χ3v) is 7.25. The first-order chi connectivity index (χ1) is 11.9. The Balaban J connectivity index is 2.04. The number of hydrogen-bond donors (Lipinski definition) is 2. The van der Waals surface area contributed by atoms with E-state index in [-0.39, 0.29) is 16.3 Å². The molecule has 1 fully saturated rings. The molecule has 1 aliphatic rings. The van der Waals surface area contributed by atoms with Crippen molar-refractivity contribution in [2.24, 2.45) is 0 Å². The molecule has 1 aromatic carbocycles. The summed E-state index contributed by atoms with van der Waals surface area (Å²) in [6.45, 7) is 2.78. The fourth-order valence-corrected chi connectivity index (χ4v) is 5.25. The van der Waals surface area contributed by atoms with E-state index in [9.17, 15) is 16.8 Å². The fourth-order valence-electron chi connectivity index (χ4n) is 2.54. The first kappa shape index (κ1) is 20.3. The zero-order chi connectivity index (χ0) is 18.3. The second kappa shape index (κ2) is 9.06. The van der Waals surface area contributed by atoms with Gasteiger partial charge in [-0.15, -0.1) is 0 Å². The van der Waals surface area contributed by atoms with Crippen LogP contribution in [0.4, 0.5) is 0 Å². The topological polar surface area (TPSA) is 105 Å². The number of benzene rings is 1. The average molecular weight is 392 g/mol. The molecule has 0 aliphatic carbocycles. The van der Waals surface area contributed by atoms with Gasteiger partial charge >= 0.3 is 0 Å². The third-order valence-electron chi connectivity index (χ3n) is 3.90. The van der Waals surface area contributed by atoms with Crippen molar-refractivity contribution >= 4 is 20.0 Å². The maximum atomic E-state index is 12.6. The van der Waals surface area contributed by atoms with E-state index in [4.69, 9.17) is 4.74 Å². The predicted octanol–water partition coefficient (Wildman–Crippen LogP) is -0.0146.